The molecule has 1 aliphatic rings. The third-order valence-electron chi connectivity index (χ3n) is 3.97. The summed E-state index contributed by atoms with van der Waals surface area (Å²) in [5.41, 5.74) is 2.57. The number of carbonyl (C=O) groups excluding carboxylic acids is 1. The molecule has 1 heterocycles. The highest BCUT2D eigenvalue weighted by molar-refractivity contribution is 5.78. The lowest BCUT2D eigenvalue weighted by Gasteiger charge is -2.29. The van der Waals surface area contributed by atoms with Gasteiger partial charge in [-0.1, -0.05) is 12.1 Å². The van der Waals surface area contributed by atoms with E-state index in [1.54, 1.807) is 0 Å². The number of nitrogens with zero attached hydrogens (tertiary/aromatic N) is 2. The highest BCUT2D eigenvalue weighted by atomic mass is 16.2. The van der Waals surface area contributed by atoms with Crippen LogP contribution in [0.2, 0.25) is 0 Å². The Morgan fingerprint density at radius 1 is 1.18 bits per heavy atom. The maximum Gasteiger partial charge on any atom is 0.234 e. The van der Waals surface area contributed by atoms with Gasteiger partial charge in [-0.25, -0.2) is 0 Å². The lowest BCUT2D eigenvalue weighted by Crippen LogP contribution is -2.38. The third kappa shape index (κ3) is 5.34. The zero-order chi connectivity index (χ0) is 15.9. The van der Waals surface area contributed by atoms with Gasteiger partial charge in [0, 0.05) is 31.4 Å². The fraction of sp³-hybridized carbons (Fsp3) is 0.611. The first kappa shape index (κ1) is 16.8. The Bertz CT molecular complexity index is 464. The first-order valence-electron chi connectivity index (χ1n) is 8.36. The summed E-state index contributed by atoms with van der Waals surface area (Å²) in [7, 11) is 1.98. The Morgan fingerprint density at radius 3 is 2.41 bits per heavy atom. The molecular formula is C18H29N3O. The van der Waals surface area contributed by atoms with Crippen molar-refractivity contribution in [2.24, 2.45) is 0 Å². The van der Waals surface area contributed by atoms with Crippen molar-refractivity contribution in [3.8, 4) is 0 Å². The summed E-state index contributed by atoms with van der Waals surface area (Å²) in [5, 5.41) is 2.92. The van der Waals surface area contributed by atoms with Crippen LogP contribution in [0, 0.1) is 0 Å². The normalized spacial score (nSPS) is 15.4. The van der Waals surface area contributed by atoms with Crippen molar-refractivity contribution < 1.29 is 4.79 Å². The van der Waals surface area contributed by atoms with Gasteiger partial charge in [0.1, 0.15) is 0 Å². The number of amides is 1. The van der Waals surface area contributed by atoms with Crippen molar-refractivity contribution >= 4 is 11.6 Å². The van der Waals surface area contributed by atoms with Gasteiger partial charge in [-0.3, -0.25) is 9.69 Å². The van der Waals surface area contributed by atoms with Crippen LogP contribution in [0.25, 0.3) is 0 Å². The summed E-state index contributed by atoms with van der Waals surface area (Å²) in [6.45, 7) is 7.55. The zero-order valence-corrected chi connectivity index (χ0v) is 14.1. The molecule has 122 valence electrons. The Balaban J connectivity index is 1.83. The van der Waals surface area contributed by atoms with Gasteiger partial charge in [0.2, 0.25) is 5.91 Å². The number of hydrogen-bond donors (Lipinski definition) is 1. The number of rotatable bonds is 6. The summed E-state index contributed by atoms with van der Waals surface area (Å²) in [5.74, 6) is 0.0856. The van der Waals surface area contributed by atoms with Crippen molar-refractivity contribution in [3.05, 3.63) is 29.8 Å². The number of benzene rings is 1. The molecular weight excluding hydrogens is 274 g/mol. The van der Waals surface area contributed by atoms with Crippen molar-refractivity contribution in [1.82, 2.24) is 10.2 Å². The maximum atomic E-state index is 11.8. The Morgan fingerprint density at radius 2 is 1.82 bits per heavy atom. The Hall–Kier alpha value is -1.55. The van der Waals surface area contributed by atoms with E-state index in [-0.39, 0.29) is 11.9 Å². The zero-order valence-electron chi connectivity index (χ0n) is 14.1. The first-order chi connectivity index (χ1) is 10.5. The molecule has 0 atom stereocenters. The largest absolute Gasteiger partial charge is 0.372 e. The molecule has 0 spiro atoms. The number of piperidine rings is 1. The fourth-order valence-corrected chi connectivity index (χ4v) is 2.94. The standard InChI is InChI=1S/C18H29N3O/c1-15(2)19-18(22)14-20(3)13-16-7-9-17(10-8-16)21-11-5-4-6-12-21/h7-10,15H,4-6,11-14H2,1-3H3,(H,19,22). The summed E-state index contributed by atoms with van der Waals surface area (Å²) in [4.78, 5) is 16.3. The molecule has 0 saturated carbocycles. The molecule has 0 radical (unpaired) electrons. The van der Waals surface area contributed by atoms with Gasteiger partial charge < -0.3 is 10.2 Å². The molecule has 1 aliphatic heterocycles. The molecule has 1 aromatic carbocycles. The van der Waals surface area contributed by atoms with Crippen LogP contribution in [-0.2, 0) is 11.3 Å². The molecule has 22 heavy (non-hydrogen) atoms. The molecule has 1 N–H and O–H groups in total. The molecule has 1 saturated heterocycles. The van der Waals surface area contributed by atoms with Gasteiger partial charge >= 0.3 is 0 Å². The van der Waals surface area contributed by atoms with E-state index in [1.165, 1.54) is 43.6 Å². The third-order valence-corrected chi connectivity index (χ3v) is 3.97. The maximum absolute atomic E-state index is 11.8. The van der Waals surface area contributed by atoms with Crippen LogP contribution in [0.3, 0.4) is 0 Å². The van der Waals surface area contributed by atoms with Gasteiger partial charge in [0.05, 0.1) is 6.54 Å². The minimum atomic E-state index is 0.0856. The molecule has 0 aliphatic carbocycles. The van der Waals surface area contributed by atoms with E-state index in [9.17, 15) is 4.79 Å². The quantitative estimate of drug-likeness (QED) is 0.877. The van der Waals surface area contributed by atoms with Gasteiger partial charge in [-0.2, -0.15) is 0 Å². The second kappa shape index (κ2) is 8.18. The molecule has 1 aromatic rings. The van der Waals surface area contributed by atoms with Crippen molar-refractivity contribution in [2.75, 3.05) is 31.6 Å². The topological polar surface area (TPSA) is 35.6 Å². The number of hydrogen-bond acceptors (Lipinski definition) is 3. The highest BCUT2D eigenvalue weighted by Gasteiger charge is 2.11. The van der Waals surface area contributed by atoms with Crippen molar-refractivity contribution in [1.29, 1.82) is 0 Å². The number of nitrogens with one attached hydrogen (secondary N) is 1. The summed E-state index contributed by atoms with van der Waals surface area (Å²) in [6.07, 6.45) is 3.96. The van der Waals surface area contributed by atoms with Gasteiger partial charge in [0.25, 0.3) is 0 Å². The van der Waals surface area contributed by atoms with E-state index in [4.69, 9.17) is 0 Å². The monoisotopic (exact) mass is 303 g/mol. The summed E-state index contributed by atoms with van der Waals surface area (Å²) in [6, 6.07) is 8.98. The average Bonchev–Trinajstić information content (AvgIpc) is 2.47. The smallest absolute Gasteiger partial charge is 0.234 e. The van der Waals surface area contributed by atoms with Crippen LogP contribution in [0.4, 0.5) is 5.69 Å². The van der Waals surface area contributed by atoms with Gasteiger partial charge in [0.15, 0.2) is 0 Å². The molecule has 0 aromatic heterocycles. The Kier molecular flexibility index (Phi) is 6.25. The molecule has 0 bridgehead atoms. The van der Waals surface area contributed by atoms with Crippen LogP contribution >= 0.6 is 0 Å². The van der Waals surface area contributed by atoms with E-state index in [0.29, 0.717) is 6.54 Å². The summed E-state index contributed by atoms with van der Waals surface area (Å²) >= 11 is 0. The predicted octanol–water partition coefficient (Wildman–Crippen LogP) is 2.63. The molecule has 4 heteroatoms. The lowest BCUT2D eigenvalue weighted by molar-refractivity contribution is -0.122. The van der Waals surface area contributed by atoms with Crippen LogP contribution in [0.1, 0.15) is 38.7 Å². The molecule has 1 fully saturated rings. The van der Waals surface area contributed by atoms with E-state index in [1.807, 2.05) is 25.8 Å². The Labute approximate surface area is 134 Å². The van der Waals surface area contributed by atoms with E-state index in [0.717, 1.165) is 6.54 Å². The molecule has 2 rings (SSSR count). The van der Waals surface area contributed by atoms with E-state index < -0.39 is 0 Å². The fourth-order valence-electron chi connectivity index (χ4n) is 2.94. The van der Waals surface area contributed by atoms with Crippen molar-refractivity contribution in [3.63, 3.8) is 0 Å². The van der Waals surface area contributed by atoms with Crippen LogP contribution < -0.4 is 10.2 Å². The minimum absolute atomic E-state index is 0.0856. The van der Waals surface area contributed by atoms with Gasteiger partial charge in [-0.05, 0) is 57.9 Å². The van der Waals surface area contributed by atoms with Gasteiger partial charge in [-0.15, -0.1) is 0 Å². The molecule has 0 unspecified atom stereocenters. The summed E-state index contributed by atoms with van der Waals surface area (Å²) < 4.78 is 0. The molecule has 1 amide bonds. The second-order valence-corrected chi connectivity index (χ2v) is 6.61. The highest BCUT2D eigenvalue weighted by Crippen LogP contribution is 2.20. The lowest BCUT2D eigenvalue weighted by atomic mass is 10.1. The second-order valence-electron chi connectivity index (χ2n) is 6.61. The van der Waals surface area contributed by atoms with Crippen LogP contribution in [0.15, 0.2) is 24.3 Å². The van der Waals surface area contributed by atoms with Crippen LogP contribution in [0.5, 0.6) is 0 Å². The minimum Gasteiger partial charge on any atom is -0.372 e. The predicted molar refractivity (Wildman–Crippen MR) is 92.1 cm³/mol. The molecule has 4 nitrogen and oxygen atoms in total. The van der Waals surface area contributed by atoms with E-state index >= 15 is 0 Å². The number of likely N-dealkylation sites (N-methyl/N-ethyl adjacent to an activating group) is 1. The number of anilines is 1. The van der Waals surface area contributed by atoms with Crippen molar-refractivity contribution in [2.45, 2.75) is 45.7 Å². The average molecular weight is 303 g/mol. The number of carbonyl (C=O) groups is 1. The van der Waals surface area contributed by atoms with E-state index in [2.05, 4.69) is 34.5 Å². The first-order valence-corrected chi connectivity index (χ1v) is 8.36. The van der Waals surface area contributed by atoms with Crippen LogP contribution in [-0.4, -0.2) is 43.5 Å². The SMILES string of the molecule is CC(C)NC(=O)CN(C)Cc1ccc(N2CCCCC2)cc1.